The number of benzene rings is 1. The summed E-state index contributed by atoms with van der Waals surface area (Å²) >= 11 is 0. The highest BCUT2D eigenvalue weighted by atomic mass is 35.5. The molecule has 1 heterocycles. The fourth-order valence-corrected chi connectivity index (χ4v) is 4.28. The van der Waals surface area contributed by atoms with Crippen molar-refractivity contribution in [2.24, 2.45) is 11.7 Å². The Morgan fingerprint density at radius 3 is 2.25 bits per heavy atom. The zero-order valence-corrected chi connectivity index (χ0v) is 17.9. The number of rotatable bonds is 5. The molecule has 2 aliphatic rings. The minimum atomic E-state index is -0.381. The van der Waals surface area contributed by atoms with E-state index in [0.29, 0.717) is 30.3 Å². The lowest BCUT2D eigenvalue weighted by Gasteiger charge is -2.41. The number of hydrogen-bond donors (Lipinski definition) is 1. The molecule has 158 valence electrons. The van der Waals surface area contributed by atoms with Crippen molar-refractivity contribution in [3.63, 3.8) is 0 Å². The zero-order valence-electron chi connectivity index (χ0n) is 17.1. The van der Waals surface area contributed by atoms with Crippen molar-refractivity contribution < 1.29 is 19.0 Å². The van der Waals surface area contributed by atoms with E-state index in [1.165, 1.54) is 0 Å². The molecule has 0 spiro atoms. The molecule has 2 N–H and O–H groups in total. The minimum absolute atomic E-state index is 0. The fraction of sp³-hybridized carbons (Fsp3) is 0.667. The van der Waals surface area contributed by atoms with Gasteiger partial charge in [0.15, 0.2) is 11.5 Å². The van der Waals surface area contributed by atoms with Gasteiger partial charge in [0.1, 0.15) is 6.10 Å². The number of hydrogen-bond acceptors (Lipinski definition) is 5. The first kappa shape index (κ1) is 22.6. The monoisotopic (exact) mass is 412 g/mol. The minimum Gasteiger partial charge on any atom is -0.493 e. The first-order valence-corrected chi connectivity index (χ1v) is 9.91. The lowest BCUT2D eigenvalue weighted by Crippen LogP contribution is -2.55. The number of nitrogens with two attached hydrogens (primary N) is 1. The van der Waals surface area contributed by atoms with Gasteiger partial charge in [-0.15, -0.1) is 12.4 Å². The Bertz CT molecular complexity index is 638. The molecule has 0 bridgehead atoms. The van der Waals surface area contributed by atoms with Crippen molar-refractivity contribution in [2.45, 2.75) is 57.1 Å². The second-order valence-electron chi connectivity index (χ2n) is 7.94. The van der Waals surface area contributed by atoms with Gasteiger partial charge in [-0.1, -0.05) is 18.9 Å². The van der Waals surface area contributed by atoms with Crippen LogP contribution in [0.15, 0.2) is 18.2 Å². The van der Waals surface area contributed by atoms with E-state index in [9.17, 15) is 4.79 Å². The molecule has 1 aliphatic carbocycles. The highest BCUT2D eigenvalue weighted by molar-refractivity contribution is 5.85. The number of piperidine rings is 1. The second-order valence-corrected chi connectivity index (χ2v) is 7.94. The van der Waals surface area contributed by atoms with Gasteiger partial charge in [-0.25, -0.2) is 0 Å². The third-order valence-corrected chi connectivity index (χ3v) is 5.97. The van der Waals surface area contributed by atoms with Crippen LogP contribution < -0.4 is 19.9 Å². The first-order chi connectivity index (χ1) is 13.0. The normalized spacial score (nSPS) is 25.6. The summed E-state index contributed by atoms with van der Waals surface area (Å²) in [7, 11) is 3.24. The van der Waals surface area contributed by atoms with Crippen LogP contribution in [0.3, 0.4) is 0 Å². The molecule has 28 heavy (non-hydrogen) atoms. The molecule has 0 radical (unpaired) electrons. The SMILES string of the molecule is COc1cccc(OC)c1OC1CCN(C(=O)C2CCCCC2(C)N)CC1.Cl. The maximum Gasteiger partial charge on any atom is 0.227 e. The summed E-state index contributed by atoms with van der Waals surface area (Å²) in [6.45, 7) is 3.43. The molecular weight excluding hydrogens is 380 g/mol. The number of likely N-dealkylation sites (tertiary alicyclic amines) is 1. The topological polar surface area (TPSA) is 74.0 Å². The number of carbonyl (C=O) groups is 1. The van der Waals surface area contributed by atoms with Crippen LogP contribution in [0.2, 0.25) is 0 Å². The molecule has 6 nitrogen and oxygen atoms in total. The zero-order chi connectivity index (χ0) is 19.4. The average molecular weight is 413 g/mol. The van der Waals surface area contributed by atoms with Crippen molar-refractivity contribution in [3.05, 3.63) is 18.2 Å². The van der Waals surface area contributed by atoms with Crippen LogP contribution >= 0.6 is 12.4 Å². The van der Waals surface area contributed by atoms with Gasteiger partial charge in [-0.2, -0.15) is 0 Å². The standard InChI is InChI=1S/C21H32N2O4.ClH/c1-21(22)12-5-4-7-16(21)20(24)23-13-10-15(11-14-23)27-19-17(25-2)8-6-9-18(19)26-3;/h6,8-9,15-16H,4-5,7,10-14,22H2,1-3H3;1H. The highest BCUT2D eigenvalue weighted by Crippen LogP contribution is 2.39. The van der Waals surface area contributed by atoms with Crippen LogP contribution in [0, 0.1) is 5.92 Å². The second kappa shape index (κ2) is 9.70. The smallest absolute Gasteiger partial charge is 0.227 e. The summed E-state index contributed by atoms with van der Waals surface area (Å²) in [4.78, 5) is 15.0. The van der Waals surface area contributed by atoms with Crippen LogP contribution in [0.25, 0.3) is 0 Å². The summed E-state index contributed by atoms with van der Waals surface area (Å²) in [5.74, 6) is 2.11. The molecular formula is C21H33ClN2O4. The number of nitrogens with zero attached hydrogens (tertiary/aromatic N) is 1. The van der Waals surface area contributed by atoms with Gasteiger partial charge >= 0.3 is 0 Å². The Hall–Kier alpha value is -1.66. The Kier molecular flexibility index (Phi) is 7.84. The Balaban J connectivity index is 0.00000280. The van der Waals surface area contributed by atoms with E-state index < -0.39 is 0 Å². The molecule has 1 aromatic rings. The molecule has 1 amide bonds. The average Bonchev–Trinajstić information content (AvgIpc) is 2.68. The Morgan fingerprint density at radius 2 is 1.71 bits per heavy atom. The molecule has 2 atom stereocenters. The van der Waals surface area contributed by atoms with E-state index in [1.54, 1.807) is 14.2 Å². The summed E-state index contributed by atoms with van der Waals surface area (Å²) in [6.07, 6.45) is 5.66. The predicted molar refractivity (Wildman–Crippen MR) is 112 cm³/mol. The van der Waals surface area contributed by atoms with Crippen molar-refractivity contribution in [3.8, 4) is 17.2 Å². The first-order valence-electron chi connectivity index (χ1n) is 9.91. The Labute approximate surface area is 174 Å². The van der Waals surface area contributed by atoms with Crippen molar-refractivity contribution >= 4 is 18.3 Å². The van der Waals surface area contributed by atoms with Crippen molar-refractivity contribution in [1.29, 1.82) is 0 Å². The number of carbonyl (C=O) groups excluding carboxylic acids is 1. The van der Waals surface area contributed by atoms with Gasteiger partial charge in [-0.05, 0) is 31.9 Å². The van der Waals surface area contributed by atoms with Gasteiger partial charge in [-0.3, -0.25) is 4.79 Å². The molecule has 1 aromatic carbocycles. The number of methoxy groups -OCH3 is 2. The summed E-state index contributed by atoms with van der Waals surface area (Å²) < 4.78 is 17.0. The van der Waals surface area contributed by atoms with E-state index in [2.05, 4.69) is 0 Å². The molecule has 1 saturated heterocycles. The van der Waals surface area contributed by atoms with Gasteiger partial charge in [0.25, 0.3) is 0 Å². The molecule has 2 unspecified atom stereocenters. The molecule has 0 aromatic heterocycles. The number of amides is 1. The summed E-state index contributed by atoms with van der Waals surface area (Å²) in [5, 5.41) is 0. The highest BCUT2D eigenvalue weighted by Gasteiger charge is 2.40. The Morgan fingerprint density at radius 1 is 1.11 bits per heavy atom. The third kappa shape index (κ3) is 4.84. The van der Waals surface area contributed by atoms with Gasteiger partial charge < -0.3 is 24.8 Å². The number of ether oxygens (including phenoxy) is 3. The molecule has 7 heteroatoms. The van der Waals surface area contributed by atoms with E-state index >= 15 is 0 Å². The molecule has 1 saturated carbocycles. The van der Waals surface area contributed by atoms with Crippen LogP contribution in [0.1, 0.15) is 45.4 Å². The van der Waals surface area contributed by atoms with Gasteiger partial charge in [0, 0.05) is 31.5 Å². The quantitative estimate of drug-likeness (QED) is 0.802. The van der Waals surface area contributed by atoms with E-state index in [0.717, 1.165) is 38.5 Å². The predicted octanol–water partition coefficient (Wildman–Crippen LogP) is 3.40. The van der Waals surface area contributed by atoms with Crippen LogP contribution in [-0.4, -0.2) is 49.8 Å². The number of halogens is 1. The lowest BCUT2D eigenvalue weighted by molar-refractivity contribution is -0.140. The van der Waals surface area contributed by atoms with Crippen molar-refractivity contribution in [1.82, 2.24) is 4.90 Å². The number of para-hydroxylation sites is 1. The maximum absolute atomic E-state index is 13.0. The summed E-state index contributed by atoms with van der Waals surface area (Å²) in [6, 6.07) is 5.60. The van der Waals surface area contributed by atoms with Crippen LogP contribution in [0.4, 0.5) is 0 Å². The molecule has 1 aliphatic heterocycles. The third-order valence-electron chi connectivity index (χ3n) is 5.97. The van der Waals surface area contributed by atoms with Crippen molar-refractivity contribution in [2.75, 3.05) is 27.3 Å². The van der Waals surface area contributed by atoms with E-state index in [-0.39, 0.29) is 35.9 Å². The van der Waals surface area contributed by atoms with E-state index in [4.69, 9.17) is 19.9 Å². The fourth-order valence-electron chi connectivity index (χ4n) is 4.28. The van der Waals surface area contributed by atoms with Crippen LogP contribution in [0.5, 0.6) is 17.2 Å². The maximum atomic E-state index is 13.0. The van der Waals surface area contributed by atoms with Crippen LogP contribution in [-0.2, 0) is 4.79 Å². The lowest BCUT2D eigenvalue weighted by atomic mass is 9.74. The van der Waals surface area contributed by atoms with E-state index in [1.807, 2.05) is 30.0 Å². The molecule has 3 rings (SSSR count). The van der Waals surface area contributed by atoms with Gasteiger partial charge in [0.2, 0.25) is 11.7 Å². The largest absolute Gasteiger partial charge is 0.493 e. The summed E-state index contributed by atoms with van der Waals surface area (Å²) in [5.41, 5.74) is 6.04. The van der Waals surface area contributed by atoms with Gasteiger partial charge in [0.05, 0.1) is 20.1 Å². The molecule has 2 fully saturated rings.